The van der Waals surface area contributed by atoms with E-state index in [1.807, 2.05) is 0 Å². The summed E-state index contributed by atoms with van der Waals surface area (Å²) in [6, 6.07) is 0. The average Bonchev–Trinajstić information content (AvgIpc) is 1.61. The first-order chi connectivity index (χ1) is 3.27. The summed E-state index contributed by atoms with van der Waals surface area (Å²) in [5.41, 5.74) is 0. The summed E-state index contributed by atoms with van der Waals surface area (Å²) in [6.45, 7) is 1.12. The molecule has 0 atom stereocenters. The number of carbonyl (C=O) groups is 2. The molecule has 0 radical (unpaired) electrons. The van der Waals surface area contributed by atoms with E-state index in [4.69, 9.17) is 0 Å². The van der Waals surface area contributed by atoms with Crippen LogP contribution in [-0.2, 0) is 14.3 Å². The SMILES string of the molecule is CC(=O)OCC=O.[NaH]. The van der Waals surface area contributed by atoms with Gasteiger partial charge in [-0.3, -0.25) is 9.59 Å². The van der Waals surface area contributed by atoms with Gasteiger partial charge in [-0.1, -0.05) is 0 Å². The summed E-state index contributed by atoms with van der Waals surface area (Å²) in [5, 5.41) is 0. The molecule has 4 heteroatoms. The quantitative estimate of drug-likeness (QED) is 0.273. The van der Waals surface area contributed by atoms with Crippen LogP contribution in [0.4, 0.5) is 0 Å². The molecule has 0 unspecified atom stereocenters. The van der Waals surface area contributed by atoms with Crippen molar-refractivity contribution in [1.29, 1.82) is 0 Å². The van der Waals surface area contributed by atoms with Gasteiger partial charge in [0.05, 0.1) is 0 Å². The molecule has 0 spiro atoms. The number of ether oxygens (including phenoxy) is 1. The molecule has 0 aromatic rings. The van der Waals surface area contributed by atoms with Crippen molar-refractivity contribution >= 4 is 41.8 Å². The molecule has 0 aliphatic carbocycles. The Balaban J connectivity index is 0. The van der Waals surface area contributed by atoms with Crippen molar-refractivity contribution in [2.75, 3.05) is 6.61 Å². The third kappa shape index (κ3) is 9.46. The predicted octanol–water partition coefficient (Wildman–Crippen LogP) is -0.900. The number of aldehydes is 1. The van der Waals surface area contributed by atoms with Gasteiger partial charge in [0.15, 0.2) is 6.29 Å². The van der Waals surface area contributed by atoms with E-state index in [1.165, 1.54) is 6.92 Å². The predicted molar refractivity (Wildman–Crippen MR) is 29.8 cm³/mol. The van der Waals surface area contributed by atoms with Crippen LogP contribution in [0.5, 0.6) is 0 Å². The maximum absolute atomic E-state index is 9.82. The van der Waals surface area contributed by atoms with E-state index >= 15 is 0 Å². The van der Waals surface area contributed by atoms with E-state index in [2.05, 4.69) is 4.74 Å². The van der Waals surface area contributed by atoms with Crippen LogP contribution in [-0.4, -0.2) is 48.4 Å². The summed E-state index contributed by atoms with van der Waals surface area (Å²) < 4.78 is 4.18. The molecule has 0 aliphatic rings. The fraction of sp³-hybridized carbons (Fsp3) is 0.500. The molecule has 0 amide bonds. The summed E-state index contributed by atoms with van der Waals surface area (Å²) in [4.78, 5) is 19.3. The molecule has 0 saturated heterocycles. The van der Waals surface area contributed by atoms with Crippen LogP contribution in [0.25, 0.3) is 0 Å². The normalized spacial score (nSPS) is 6.62. The van der Waals surface area contributed by atoms with Gasteiger partial charge < -0.3 is 4.74 Å². The molecule has 0 N–H and O–H groups in total. The van der Waals surface area contributed by atoms with Crippen molar-refractivity contribution in [2.45, 2.75) is 6.92 Å². The molecule has 0 saturated carbocycles. The Morgan fingerprint density at radius 2 is 2.25 bits per heavy atom. The monoisotopic (exact) mass is 126 g/mol. The van der Waals surface area contributed by atoms with Gasteiger partial charge in [-0.05, 0) is 0 Å². The number of carbonyl (C=O) groups excluding carboxylic acids is 2. The molecule has 3 nitrogen and oxygen atoms in total. The van der Waals surface area contributed by atoms with Gasteiger partial charge in [0.1, 0.15) is 6.61 Å². The van der Waals surface area contributed by atoms with Crippen molar-refractivity contribution < 1.29 is 14.3 Å². The Kier molecular flexibility index (Phi) is 9.82. The molecule has 0 aromatic carbocycles. The van der Waals surface area contributed by atoms with Crippen LogP contribution < -0.4 is 0 Å². The zero-order chi connectivity index (χ0) is 5.70. The Bertz CT molecular complexity index is 81.4. The Morgan fingerprint density at radius 3 is 2.38 bits per heavy atom. The molecule has 0 rings (SSSR count). The van der Waals surface area contributed by atoms with Crippen molar-refractivity contribution in [1.82, 2.24) is 0 Å². The van der Waals surface area contributed by atoms with Gasteiger partial charge in [-0.15, -0.1) is 0 Å². The average molecular weight is 126 g/mol. The van der Waals surface area contributed by atoms with Gasteiger partial charge in [0, 0.05) is 6.92 Å². The molecule has 0 bridgehead atoms. The third-order valence-corrected chi connectivity index (χ3v) is 0.355. The number of hydrogen-bond donors (Lipinski definition) is 0. The number of rotatable bonds is 2. The molecule has 0 heterocycles. The van der Waals surface area contributed by atoms with Crippen LogP contribution in [0.2, 0.25) is 0 Å². The van der Waals surface area contributed by atoms with Crippen molar-refractivity contribution in [3.8, 4) is 0 Å². The molecule has 0 fully saturated rings. The molecular formula is C4H7NaO3. The molecule has 42 valence electrons. The van der Waals surface area contributed by atoms with E-state index in [9.17, 15) is 9.59 Å². The van der Waals surface area contributed by atoms with Gasteiger partial charge in [-0.2, -0.15) is 0 Å². The fourth-order valence-corrected chi connectivity index (χ4v) is 0.151. The summed E-state index contributed by atoms with van der Waals surface area (Å²) in [6.07, 6.45) is 0.529. The van der Waals surface area contributed by atoms with Crippen LogP contribution in [0.1, 0.15) is 6.92 Å². The second-order valence-electron chi connectivity index (χ2n) is 0.969. The first-order valence-electron chi connectivity index (χ1n) is 1.84. The second-order valence-corrected chi connectivity index (χ2v) is 0.969. The van der Waals surface area contributed by atoms with E-state index in [1.54, 1.807) is 0 Å². The topological polar surface area (TPSA) is 43.4 Å². The molecule has 0 aliphatic heterocycles. The van der Waals surface area contributed by atoms with Crippen molar-refractivity contribution in [3.05, 3.63) is 0 Å². The van der Waals surface area contributed by atoms with Gasteiger partial charge >= 0.3 is 35.5 Å². The Hall–Kier alpha value is 0.140. The zero-order valence-electron chi connectivity index (χ0n) is 4.01. The summed E-state index contributed by atoms with van der Waals surface area (Å²) in [7, 11) is 0. The first kappa shape index (κ1) is 11.0. The van der Waals surface area contributed by atoms with Gasteiger partial charge in [0.25, 0.3) is 0 Å². The molecule has 8 heavy (non-hydrogen) atoms. The van der Waals surface area contributed by atoms with E-state index in [-0.39, 0.29) is 36.2 Å². The number of esters is 1. The summed E-state index contributed by atoms with van der Waals surface area (Å²) >= 11 is 0. The Morgan fingerprint density at radius 1 is 1.75 bits per heavy atom. The fourth-order valence-electron chi connectivity index (χ4n) is 0.151. The van der Waals surface area contributed by atoms with Gasteiger partial charge in [0.2, 0.25) is 0 Å². The Labute approximate surface area is 69.7 Å². The summed E-state index contributed by atoms with van der Waals surface area (Å²) in [5.74, 6) is -0.424. The first-order valence-corrected chi connectivity index (χ1v) is 1.84. The van der Waals surface area contributed by atoms with E-state index in [0.29, 0.717) is 6.29 Å². The van der Waals surface area contributed by atoms with E-state index < -0.39 is 5.97 Å². The zero-order valence-corrected chi connectivity index (χ0v) is 4.01. The van der Waals surface area contributed by atoms with Crippen LogP contribution in [0, 0.1) is 0 Å². The maximum atomic E-state index is 9.82. The van der Waals surface area contributed by atoms with E-state index in [0.717, 1.165) is 0 Å². The minimum absolute atomic E-state index is 0. The second kappa shape index (κ2) is 7.14. The van der Waals surface area contributed by atoms with Gasteiger partial charge in [-0.25, -0.2) is 0 Å². The molecule has 0 aromatic heterocycles. The van der Waals surface area contributed by atoms with Crippen LogP contribution in [0.15, 0.2) is 0 Å². The van der Waals surface area contributed by atoms with Crippen LogP contribution in [0.3, 0.4) is 0 Å². The standard InChI is InChI=1S/C4H6O3.Na.H/c1-4(6)7-3-2-5;;/h2H,3H2,1H3;;. The molecular weight excluding hydrogens is 119 g/mol. The minimum atomic E-state index is -0.424. The van der Waals surface area contributed by atoms with Crippen molar-refractivity contribution in [3.63, 3.8) is 0 Å². The van der Waals surface area contributed by atoms with Crippen LogP contribution >= 0.6 is 0 Å². The van der Waals surface area contributed by atoms with Crippen molar-refractivity contribution in [2.24, 2.45) is 0 Å². The third-order valence-electron chi connectivity index (χ3n) is 0.355. The number of hydrogen-bond acceptors (Lipinski definition) is 3.